The first-order chi connectivity index (χ1) is 17.4. The van der Waals surface area contributed by atoms with Gasteiger partial charge >= 0.3 is 6.09 Å². The summed E-state index contributed by atoms with van der Waals surface area (Å²) in [7, 11) is 1.34. The zero-order valence-electron chi connectivity index (χ0n) is 19.6. The van der Waals surface area contributed by atoms with Crippen LogP contribution in [0.4, 0.5) is 14.9 Å². The van der Waals surface area contributed by atoms with E-state index in [0.717, 1.165) is 6.07 Å². The fourth-order valence-electron chi connectivity index (χ4n) is 4.93. The predicted molar refractivity (Wildman–Crippen MR) is 128 cm³/mol. The molecule has 5 rings (SSSR count). The van der Waals surface area contributed by atoms with Crippen LogP contribution in [0.25, 0.3) is 16.6 Å². The van der Waals surface area contributed by atoms with Gasteiger partial charge in [-0.25, -0.2) is 14.2 Å². The molecule has 11 heteroatoms. The van der Waals surface area contributed by atoms with Crippen molar-refractivity contribution in [3.8, 4) is 17.5 Å². The molecule has 2 aromatic carbocycles. The van der Waals surface area contributed by atoms with Gasteiger partial charge in [-0.3, -0.25) is 14.3 Å². The molecular weight excluding hydrogens is 469 g/mol. The first-order valence-corrected chi connectivity index (χ1v) is 11.6. The number of carbonyl (C=O) groups is 1. The van der Waals surface area contributed by atoms with Crippen LogP contribution in [0.5, 0.6) is 5.75 Å². The van der Waals surface area contributed by atoms with Crippen LogP contribution in [-0.4, -0.2) is 65.6 Å². The van der Waals surface area contributed by atoms with Crippen molar-refractivity contribution in [3.63, 3.8) is 0 Å². The fourth-order valence-corrected chi connectivity index (χ4v) is 4.93. The minimum absolute atomic E-state index is 0.0106. The van der Waals surface area contributed by atoms with E-state index in [1.165, 1.54) is 34.8 Å². The van der Waals surface area contributed by atoms with Crippen LogP contribution < -0.4 is 15.2 Å². The highest BCUT2D eigenvalue weighted by Gasteiger charge is 2.34. The summed E-state index contributed by atoms with van der Waals surface area (Å²) in [5.74, 6) is -0.457. The van der Waals surface area contributed by atoms with Crippen molar-refractivity contribution in [3.05, 3.63) is 57.9 Å². The van der Waals surface area contributed by atoms with Crippen molar-refractivity contribution in [1.29, 1.82) is 5.26 Å². The normalized spacial score (nSPS) is 17.9. The summed E-state index contributed by atoms with van der Waals surface area (Å²) in [6.07, 6.45) is -0.0510. The summed E-state index contributed by atoms with van der Waals surface area (Å²) in [4.78, 5) is 34.1. The predicted octanol–water partition coefficient (Wildman–Crippen LogP) is 3.06. The molecule has 0 aliphatic carbocycles. The molecule has 186 valence electrons. The summed E-state index contributed by atoms with van der Waals surface area (Å²) in [6, 6.07) is 8.65. The molecule has 2 aliphatic rings. The number of benzene rings is 2. The van der Waals surface area contributed by atoms with Crippen molar-refractivity contribution in [1.82, 2.24) is 14.5 Å². The number of aromatic nitrogens is 2. The quantitative estimate of drug-likeness (QED) is 0.589. The lowest BCUT2D eigenvalue weighted by Gasteiger charge is -2.30. The summed E-state index contributed by atoms with van der Waals surface area (Å²) >= 11 is 0. The van der Waals surface area contributed by atoms with Gasteiger partial charge in [0.15, 0.2) is 11.6 Å². The molecule has 0 radical (unpaired) electrons. The Labute approximate surface area is 205 Å². The van der Waals surface area contributed by atoms with Gasteiger partial charge < -0.3 is 19.5 Å². The van der Waals surface area contributed by atoms with Crippen LogP contribution in [0.2, 0.25) is 0 Å². The number of morpholine rings is 1. The van der Waals surface area contributed by atoms with Gasteiger partial charge in [-0.1, -0.05) is 0 Å². The zero-order chi connectivity index (χ0) is 25.4. The van der Waals surface area contributed by atoms with Crippen molar-refractivity contribution >= 4 is 22.7 Å². The Hall–Kier alpha value is -4.17. The average Bonchev–Trinajstić information content (AvgIpc) is 3.39. The van der Waals surface area contributed by atoms with Gasteiger partial charge in [0.05, 0.1) is 54.8 Å². The second kappa shape index (κ2) is 9.47. The number of hydrogen-bond acceptors (Lipinski definition) is 7. The minimum atomic E-state index is -1.12. The van der Waals surface area contributed by atoms with Crippen LogP contribution >= 0.6 is 0 Å². The number of amides is 1. The number of nitriles is 1. The first-order valence-electron chi connectivity index (χ1n) is 11.6. The maximum Gasteiger partial charge on any atom is 0.407 e. The fraction of sp³-hybridized carbons (Fsp3) is 0.360. The van der Waals surface area contributed by atoms with E-state index < -0.39 is 23.5 Å². The van der Waals surface area contributed by atoms with Crippen molar-refractivity contribution < 1.29 is 23.8 Å². The Bertz CT molecular complexity index is 1440. The Balaban J connectivity index is 1.83. The largest absolute Gasteiger partial charge is 0.494 e. The van der Waals surface area contributed by atoms with E-state index in [-0.39, 0.29) is 28.2 Å². The second-order valence-electron chi connectivity index (χ2n) is 8.67. The molecular formula is C25H24FN5O5. The van der Waals surface area contributed by atoms with Crippen molar-refractivity contribution in [2.24, 2.45) is 0 Å². The third-order valence-corrected chi connectivity index (χ3v) is 6.65. The number of likely N-dealkylation sites (tertiary alicyclic amines) is 1. The molecule has 0 saturated carbocycles. The highest BCUT2D eigenvalue weighted by atomic mass is 19.1. The molecule has 1 atom stereocenters. The highest BCUT2D eigenvalue weighted by molar-refractivity contribution is 5.92. The third kappa shape index (κ3) is 3.99. The maximum absolute atomic E-state index is 14.7. The number of hydrogen-bond donors (Lipinski definition) is 1. The van der Waals surface area contributed by atoms with Crippen LogP contribution in [0.3, 0.4) is 0 Å². The van der Waals surface area contributed by atoms with E-state index in [9.17, 15) is 24.3 Å². The maximum atomic E-state index is 14.7. The van der Waals surface area contributed by atoms with E-state index in [4.69, 9.17) is 14.5 Å². The van der Waals surface area contributed by atoms with Crippen LogP contribution in [-0.2, 0) is 4.74 Å². The molecule has 2 saturated heterocycles. The zero-order valence-corrected chi connectivity index (χ0v) is 19.6. The summed E-state index contributed by atoms with van der Waals surface area (Å²) in [5.41, 5.74) is 0.951. The van der Waals surface area contributed by atoms with Crippen LogP contribution in [0, 0.1) is 17.1 Å². The van der Waals surface area contributed by atoms with Crippen LogP contribution in [0.1, 0.15) is 30.3 Å². The van der Waals surface area contributed by atoms with Gasteiger partial charge in [-0.05, 0) is 37.1 Å². The van der Waals surface area contributed by atoms with E-state index in [1.54, 1.807) is 6.07 Å². The monoisotopic (exact) mass is 493 g/mol. The molecule has 0 bridgehead atoms. The van der Waals surface area contributed by atoms with Gasteiger partial charge in [-0.15, -0.1) is 0 Å². The SMILES string of the molecule is COc1ccc(-n2c(C3CCCN3C(=O)O)nc3c(N4CCOCC4)cc(C#N)cc3c2=O)cc1F. The van der Waals surface area contributed by atoms with Gasteiger partial charge in [-0.2, -0.15) is 5.26 Å². The number of carboxylic acid groups (broad SMARTS) is 1. The van der Waals surface area contributed by atoms with E-state index in [2.05, 4.69) is 6.07 Å². The molecule has 3 heterocycles. The Morgan fingerprint density at radius 1 is 1.25 bits per heavy atom. The lowest BCUT2D eigenvalue weighted by Crippen LogP contribution is -2.37. The number of ether oxygens (including phenoxy) is 2. The van der Waals surface area contributed by atoms with Crippen molar-refractivity contribution in [2.75, 3.05) is 44.9 Å². The van der Waals surface area contributed by atoms with Gasteiger partial charge in [0.25, 0.3) is 5.56 Å². The Kier molecular flexibility index (Phi) is 6.20. The van der Waals surface area contributed by atoms with E-state index in [1.807, 2.05) is 4.90 Å². The van der Waals surface area contributed by atoms with E-state index >= 15 is 0 Å². The molecule has 2 aliphatic heterocycles. The molecule has 2 fully saturated rings. The molecule has 1 N–H and O–H groups in total. The van der Waals surface area contributed by atoms with E-state index in [0.29, 0.717) is 56.9 Å². The number of fused-ring (bicyclic) bond motifs is 1. The molecule has 3 aromatic rings. The number of rotatable bonds is 4. The summed E-state index contributed by atoms with van der Waals surface area (Å²) in [5, 5.41) is 19.7. The molecule has 1 aromatic heterocycles. The third-order valence-electron chi connectivity index (χ3n) is 6.65. The minimum Gasteiger partial charge on any atom is -0.494 e. The molecule has 36 heavy (non-hydrogen) atoms. The van der Waals surface area contributed by atoms with Gasteiger partial charge in [0.2, 0.25) is 0 Å². The number of halogens is 1. The smallest absolute Gasteiger partial charge is 0.407 e. The molecule has 10 nitrogen and oxygen atoms in total. The van der Waals surface area contributed by atoms with Gasteiger partial charge in [0.1, 0.15) is 11.3 Å². The Morgan fingerprint density at radius 3 is 2.69 bits per heavy atom. The highest BCUT2D eigenvalue weighted by Crippen LogP contribution is 2.35. The number of methoxy groups -OCH3 is 1. The van der Waals surface area contributed by atoms with Crippen molar-refractivity contribution in [2.45, 2.75) is 18.9 Å². The number of nitrogens with zero attached hydrogens (tertiary/aromatic N) is 5. The van der Waals surface area contributed by atoms with Gasteiger partial charge in [0, 0.05) is 25.7 Å². The Morgan fingerprint density at radius 2 is 2.03 bits per heavy atom. The molecule has 1 unspecified atom stereocenters. The first kappa shape index (κ1) is 23.6. The molecule has 1 amide bonds. The van der Waals surface area contributed by atoms with Crippen LogP contribution in [0.15, 0.2) is 35.1 Å². The molecule has 0 spiro atoms. The second-order valence-corrected chi connectivity index (χ2v) is 8.67. The topological polar surface area (TPSA) is 121 Å². The lowest BCUT2D eigenvalue weighted by atomic mass is 10.1. The average molecular weight is 493 g/mol. The summed E-state index contributed by atoms with van der Waals surface area (Å²) < 4.78 is 26.4. The number of anilines is 1. The summed E-state index contributed by atoms with van der Waals surface area (Å²) in [6.45, 7) is 2.39. The lowest BCUT2D eigenvalue weighted by molar-refractivity contribution is 0.123. The standard InChI is InChI=1S/C25H24FN5O5/c1-35-21-5-4-16(13-18(21)26)31-23(19-3-2-6-30(19)25(33)34)28-22-17(24(31)32)11-15(14-27)12-20(22)29-7-9-36-10-8-29/h4-5,11-13,19H,2-3,6-10H2,1H3,(H,33,34).